The lowest BCUT2D eigenvalue weighted by atomic mass is 10.0. The van der Waals surface area contributed by atoms with Crippen molar-refractivity contribution in [3.63, 3.8) is 0 Å². The Labute approximate surface area is 166 Å². The molecule has 1 atom stereocenters. The molecule has 28 heavy (non-hydrogen) atoms. The average molecular weight is 387 g/mol. The van der Waals surface area contributed by atoms with E-state index in [9.17, 15) is 4.79 Å². The summed E-state index contributed by atoms with van der Waals surface area (Å²) in [4.78, 5) is 12.5. The van der Waals surface area contributed by atoms with E-state index < -0.39 is 5.97 Å². The first kappa shape index (κ1) is 21.7. The van der Waals surface area contributed by atoms with Gasteiger partial charge in [0, 0.05) is 0 Å². The number of benzene rings is 2. The zero-order valence-corrected chi connectivity index (χ0v) is 16.8. The first-order valence-electron chi connectivity index (χ1n) is 9.33. The fraction of sp³-hybridized carbons (Fsp3) is 0.409. The van der Waals surface area contributed by atoms with E-state index in [-0.39, 0.29) is 19.3 Å². The number of aryl methyl sites for hydroxylation is 2. The fourth-order valence-corrected chi connectivity index (χ4v) is 2.75. The second kappa shape index (κ2) is 11.3. The summed E-state index contributed by atoms with van der Waals surface area (Å²) in [6.07, 6.45) is 1.38. The standard InChI is InChI=1S/C22H29NO5/c1-23(2)21(27-14-13-22(24)25)16-28-20-10-5-4-8-18(20)12-11-17-7-6-9-19(15-17)26-3/h4-10,15,21H,11-14,16H2,1-3H3,(H,24,25). The van der Waals surface area contributed by atoms with Crippen molar-refractivity contribution in [1.82, 2.24) is 4.90 Å². The predicted molar refractivity (Wildman–Crippen MR) is 108 cm³/mol. The van der Waals surface area contributed by atoms with E-state index in [4.69, 9.17) is 19.3 Å². The largest absolute Gasteiger partial charge is 0.497 e. The van der Waals surface area contributed by atoms with Gasteiger partial charge >= 0.3 is 5.97 Å². The lowest BCUT2D eigenvalue weighted by Crippen LogP contribution is -2.36. The van der Waals surface area contributed by atoms with Crippen LogP contribution in [0.15, 0.2) is 48.5 Å². The Bertz CT molecular complexity index is 747. The van der Waals surface area contributed by atoms with Crippen LogP contribution in [0.3, 0.4) is 0 Å². The molecule has 1 unspecified atom stereocenters. The molecule has 0 aliphatic carbocycles. The van der Waals surface area contributed by atoms with Gasteiger partial charge in [0.25, 0.3) is 0 Å². The molecule has 0 aliphatic rings. The number of likely N-dealkylation sites (N-methyl/N-ethyl adjacent to an activating group) is 1. The van der Waals surface area contributed by atoms with Crippen LogP contribution in [0, 0.1) is 0 Å². The minimum Gasteiger partial charge on any atom is -0.497 e. The summed E-state index contributed by atoms with van der Waals surface area (Å²) in [5, 5.41) is 8.76. The van der Waals surface area contributed by atoms with E-state index in [0.29, 0.717) is 6.61 Å². The Morgan fingerprint density at radius 2 is 1.89 bits per heavy atom. The third-order valence-electron chi connectivity index (χ3n) is 4.37. The Kier molecular flexibility index (Phi) is 8.78. The highest BCUT2D eigenvalue weighted by Gasteiger charge is 2.15. The molecule has 0 saturated carbocycles. The van der Waals surface area contributed by atoms with Crippen molar-refractivity contribution in [3.8, 4) is 11.5 Å². The second-order valence-corrected chi connectivity index (χ2v) is 6.70. The first-order valence-corrected chi connectivity index (χ1v) is 9.33. The van der Waals surface area contributed by atoms with Crippen molar-refractivity contribution in [2.45, 2.75) is 25.5 Å². The maximum atomic E-state index is 10.7. The van der Waals surface area contributed by atoms with Crippen molar-refractivity contribution in [1.29, 1.82) is 0 Å². The summed E-state index contributed by atoms with van der Waals surface area (Å²) < 4.78 is 16.9. The number of nitrogens with zero attached hydrogens (tertiary/aromatic N) is 1. The highest BCUT2D eigenvalue weighted by Crippen LogP contribution is 2.22. The number of aliphatic carboxylic acids is 1. The van der Waals surface area contributed by atoms with Gasteiger partial charge in [-0.2, -0.15) is 0 Å². The van der Waals surface area contributed by atoms with Crippen molar-refractivity contribution in [2.24, 2.45) is 0 Å². The molecule has 0 spiro atoms. The molecule has 0 fully saturated rings. The summed E-state index contributed by atoms with van der Waals surface area (Å²) in [7, 11) is 5.43. The van der Waals surface area contributed by atoms with E-state index in [1.807, 2.05) is 55.4 Å². The number of para-hydroxylation sites is 1. The highest BCUT2D eigenvalue weighted by atomic mass is 16.5. The van der Waals surface area contributed by atoms with E-state index in [2.05, 4.69) is 12.1 Å². The SMILES string of the molecule is COc1cccc(CCc2ccccc2OCC(OCCC(=O)O)N(C)C)c1. The molecule has 2 rings (SSSR count). The summed E-state index contributed by atoms with van der Waals surface area (Å²) in [6.45, 7) is 0.474. The molecule has 2 aromatic carbocycles. The van der Waals surface area contributed by atoms with E-state index >= 15 is 0 Å². The summed E-state index contributed by atoms with van der Waals surface area (Å²) in [6, 6.07) is 16.0. The number of ether oxygens (including phenoxy) is 3. The van der Waals surface area contributed by atoms with Crippen LogP contribution < -0.4 is 9.47 Å². The van der Waals surface area contributed by atoms with Gasteiger partial charge in [0.05, 0.1) is 20.1 Å². The fourth-order valence-electron chi connectivity index (χ4n) is 2.75. The summed E-state index contributed by atoms with van der Waals surface area (Å²) >= 11 is 0. The van der Waals surface area contributed by atoms with Crippen molar-refractivity contribution >= 4 is 5.97 Å². The molecule has 152 valence electrons. The Hall–Kier alpha value is -2.57. The quantitative estimate of drug-likeness (QED) is 0.564. The molecule has 0 bridgehead atoms. The minimum atomic E-state index is -0.874. The van der Waals surface area contributed by atoms with Crippen molar-refractivity contribution in [2.75, 3.05) is 34.4 Å². The molecule has 1 N–H and O–H groups in total. The topological polar surface area (TPSA) is 68.2 Å². The summed E-state index contributed by atoms with van der Waals surface area (Å²) in [5.41, 5.74) is 2.32. The van der Waals surface area contributed by atoms with Crippen molar-refractivity contribution in [3.05, 3.63) is 59.7 Å². The minimum absolute atomic E-state index is 0.0263. The molecule has 0 heterocycles. The lowest BCUT2D eigenvalue weighted by molar-refractivity contribution is -0.140. The normalized spacial score (nSPS) is 12.0. The maximum absolute atomic E-state index is 10.7. The predicted octanol–water partition coefficient (Wildman–Crippen LogP) is 3.24. The number of carbonyl (C=O) groups is 1. The molecular formula is C22H29NO5. The van der Waals surface area contributed by atoms with Crippen LogP contribution in [0.25, 0.3) is 0 Å². The van der Waals surface area contributed by atoms with Crippen LogP contribution in [0.2, 0.25) is 0 Å². The Balaban J connectivity index is 1.95. The average Bonchev–Trinajstić information content (AvgIpc) is 2.69. The van der Waals surface area contributed by atoms with Crippen LogP contribution >= 0.6 is 0 Å². The number of methoxy groups -OCH3 is 1. The van der Waals surface area contributed by atoms with Gasteiger partial charge in [-0.1, -0.05) is 30.3 Å². The van der Waals surface area contributed by atoms with E-state index in [0.717, 1.165) is 29.9 Å². The number of hydrogen-bond donors (Lipinski definition) is 1. The smallest absolute Gasteiger partial charge is 0.305 e. The van der Waals surface area contributed by atoms with Crippen LogP contribution in [-0.4, -0.2) is 56.6 Å². The molecule has 6 nitrogen and oxygen atoms in total. The zero-order chi connectivity index (χ0) is 20.4. The lowest BCUT2D eigenvalue weighted by Gasteiger charge is -2.25. The molecule has 0 amide bonds. The second-order valence-electron chi connectivity index (χ2n) is 6.70. The zero-order valence-electron chi connectivity index (χ0n) is 16.8. The van der Waals surface area contributed by atoms with Gasteiger partial charge < -0.3 is 19.3 Å². The molecule has 0 radical (unpaired) electrons. The summed E-state index contributed by atoms with van der Waals surface area (Å²) in [5.74, 6) is 0.801. The molecule has 0 aliphatic heterocycles. The highest BCUT2D eigenvalue weighted by molar-refractivity contribution is 5.66. The van der Waals surface area contributed by atoms with Crippen molar-refractivity contribution < 1.29 is 24.1 Å². The Morgan fingerprint density at radius 1 is 1.11 bits per heavy atom. The van der Waals surface area contributed by atoms with E-state index in [1.54, 1.807) is 7.11 Å². The molecule has 0 aromatic heterocycles. The van der Waals surface area contributed by atoms with Crippen LogP contribution in [0.5, 0.6) is 11.5 Å². The van der Waals surface area contributed by atoms with Gasteiger partial charge in [-0.3, -0.25) is 9.69 Å². The number of hydrogen-bond acceptors (Lipinski definition) is 5. The maximum Gasteiger partial charge on any atom is 0.305 e. The van der Waals surface area contributed by atoms with Gasteiger partial charge in [0.1, 0.15) is 24.3 Å². The van der Waals surface area contributed by atoms with Crippen LogP contribution in [0.4, 0.5) is 0 Å². The number of rotatable bonds is 12. The molecular weight excluding hydrogens is 358 g/mol. The van der Waals surface area contributed by atoms with Gasteiger partial charge in [0.15, 0.2) is 0 Å². The third-order valence-corrected chi connectivity index (χ3v) is 4.37. The van der Waals surface area contributed by atoms with Crippen LogP contribution in [0.1, 0.15) is 17.5 Å². The molecule has 0 saturated heterocycles. The first-order chi connectivity index (χ1) is 13.5. The molecule has 2 aromatic rings. The molecule has 6 heteroatoms. The monoisotopic (exact) mass is 387 g/mol. The Morgan fingerprint density at radius 3 is 2.61 bits per heavy atom. The van der Waals surface area contributed by atoms with Gasteiger partial charge in [-0.25, -0.2) is 0 Å². The van der Waals surface area contributed by atoms with Gasteiger partial charge in [-0.15, -0.1) is 0 Å². The van der Waals surface area contributed by atoms with Gasteiger partial charge in [-0.05, 0) is 56.3 Å². The number of carboxylic acids is 1. The van der Waals surface area contributed by atoms with Gasteiger partial charge in [0.2, 0.25) is 0 Å². The third kappa shape index (κ3) is 7.21. The van der Waals surface area contributed by atoms with Crippen LogP contribution in [-0.2, 0) is 22.4 Å². The number of carboxylic acid groups (broad SMARTS) is 1. The van der Waals surface area contributed by atoms with E-state index in [1.165, 1.54) is 5.56 Å².